The van der Waals surface area contributed by atoms with E-state index in [9.17, 15) is 0 Å². The van der Waals surface area contributed by atoms with Crippen LogP contribution in [0.25, 0.3) is 0 Å². The van der Waals surface area contributed by atoms with Gasteiger partial charge < -0.3 is 5.11 Å². The van der Waals surface area contributed by atoms with Gasteiger partial charge in [-0.15, -0.1) is 0 Å². The third-order valence-electron chi connectivity index (χ3n) is 1.57. The van der Waals surface area contributed by atoms with E-state index in [1.165, 1.54) is 5.57 Å². The van der Waals surface area contributed by atoms with E-state index in [4.69, 9.17) is 5.11 Å². The molecule has 0 atom stereocenters. The van der Waals surface area contributed by atoms with Crippen LogP contribution in [-0.4, -0.2) is 11.7 Å². The van der Waals surface area contributed by atoms with Crippen molar-refractivity contribution in [2.75, 3.05) is 6.61 Å². The van der Waals surface area contributed by atoms with E-state index >= 15 is 0 Å². The summed E-state index contributed by atoms with van der Waals surface area (Å²) in [6.07, 6.45) is 6.38. The molecule has 0 aromatic heterocycles. The molecule has 0 heterocycles. The number of hydrogen-bond donors (Lipinski definition) is 1. The highest BCUT2D eigenvalue weighted by Gasteiger charge is 1.99. The lowest BCUT2D eigenvalue weighted by Crippen LogP contribution is -1.94. The first-order valence-electron chi connectivity index (χ1n) is 3.30. The summed E-state index contributed by atoms with van der Waals surface area (Å²) in [5, 5.41) is 8.71. The average Bonchev–Trinajstić information content (AvgIpc) is 1.88. The third kappa shape index (κ3) is 1.68. The van der Waals surface area contributed by atoms with Crippen LogP contribution in [0.15, 0.2) is 23.3 Å². The molecule has 0 saturated heterocycles. The summed E-state index contributed by atoms with van der Waals surface area (Å²) in [4.78, 5) is 0. The minimum Gasteiger partial charge on any atom is -0.392 e. The molecule has 1 heteroatoms. The highest BCUT2D eigenvalue weighted by molar-refractivity contribution is 5.25. The minimum absolute atomic E-state index is 0.227. The Morgan fingerprint density at radius 2 is 2.44 bits per heavy atom. The molecule has 0 fully saturated rings. The van der Waals surface area contributed by atoms with Gasteiger partial charge >= 0.3 is 0 Å². The summed E-state index contributed by atoms with van der Waals surface area (Å²) < 4.78 is 0. The predicted molar refractivity (Wildman–Crippen MR) is 38.2 cm³/mol. The van der Waals surface area contributed by atoms with E-state index in [1.54, 1.807) is 0 Å². The molecule has 1 aliphatic rings. The monoisotopic (exact) mass is 124 g/mol. The van der Waals surface area contributed by atoms with Gasteiger partial charge in [-0.25, -0.2) is 0 Å². The van der Waals surface area contributed by atoms with Crippen LogP contribution in [0.1, 0.15) is 19.8 Å². The third-order valence-corrected chi connectivity index (χ3v) is 1.57. The maximum atomic E-state index is 8.71. The first kappa shape index (κ1) is 6.56. The van der Waals surface area contributed by atoms with Gasteiger partial charge in [0.25, 0.3) is 0 Å². The zero-order valence-corrected chi connectivity index (χ0v) is 5.72. The zero-order valence-electron chi connectivity index (χ0n) is 5.72. The second-order valence-electron chi connectivity index (χ2n) is 2.45. The van der Waals surface area contributed by atoms with Crippen molar-refractivity contribution in [3.63, 3.8) is 0 Å². The van der Waals surface area contributed by atoms with Crippen molar-refractivity contribution in [3.8, 4) is 0 Å². The maximum absolute atomic E-state index is 8.71. The fourth-order valence-electron chi connectivity index (χ4n) is 1.06. The topological polar surface area (TPSA) is 20.2 Å². The second kappa shape index (κ2) is 2.83. The van der Waals surface area contributed by atoms with Gasteiger partial charge in [-0.05, 0) is 25.3 Å². The molecule has 0 spiro atoms. The Kier molecular flexibility index (Phi) is 2.06. The van der Waals surface area contributed by atoms with Crippen molar-refractivity contribution in [2.24, 2.45) is 0 Å². The molecular weight excluding hydrogens is 112 g/mol. The molecule has 0 radical (unpaired) electrons. The van der Waals surface area contributed by atoms with E-state index in [2.05, 4.69) is 19.1 Å². The Labute approximate surface area is 55.7 Å². The lowest BCUT2D eigenvalue weighted by Gasteiger charge is -2.07. The lowest BCUT2D eigenvalue weighted by molar-refractivity contribution is 0.326. The van der Waals surface area contributed by atoms with Crippen molar-refractivity contribution in [1.82, 2.24) is 0 Å². The number of hydrogen-bond acceptors (Lipinski definition) is 1. The zero-order chi connectivity index (χ0) is 6.69. The number of rotatable bonds is 1. The average molecular weight is 124 g/mol. The van der Waals surface area contributed by atoms with Crippen LogP contribution in [0.5, 0.6) is 0 Å². The van der Waals surface area contributed by atoms with E-state index < -0.39 is 0 Å². The fourth-order valence-corrected chi connectivity index (χ4v) is 1.06. The van der Waals surface area contributed by atoms with Gasteiger partial charge in [0.15, 0.2) is 0 Å². The summed E-state index contributed by atoms with van der Waals surface area (Å²) in [5.74, 6) is 0. The summed E-state index contributed by atoms with van der Waals surface area (Å²) in [6.45, 7) is 2.29. The van der Waals surface area contributed by atoms with Crippen LogP contribution in [0.3, 0.4) is 0 Å². The smallest absolute Gasteiger partial charge is 0.0645 e. The van der Waals surface area contributed by atoms with Crippen LogP contribution in [0.4, 0.5) is 0 Å². The molecular formula is C8H12O. The van der Waals surface area contributed by atoms with Crippen molar-refractivity contribution in [2.45, 2.75) is 19.8 Å². The van der Waals surface area contributed by atoms with Gasteiger partial charge in [-0.2, -0.15) is 0 Å². The van der Waals surface area contributed by atoms with Crippen LogP contribution in [0.2, 0.25) is 0 Å². The summed E-state index contributed by atoms with van der Waals surface area (Å²) in [5.41, 5.74) is 2.44. The Bertz CT molecular complexity index is 154. The Morgan fingerprint density at radius 3 is 2.89 bits per heavy atom. The van der Waals surface area contributed by atoms with Crippen molar-refractivity contribution >= 4 is 0 Å². The number of aliphatic hydroxyl groups excluding tert-OH is 1. The van der Waals surface area contributed by atoms with E-state index in [0.717, 1.165) is 18.4 Å². The van der Waals surface area contributed by atoms with E-state index in [0.29, 0.717) is 0 Å². The van der Waals surface area contributed by atoms with Gasteiger partial charge in [0.05, 0.1) is 6.61 Å². The summed E-state index contributed by atoms with van der Waals surface area (Å²) in [6, 6.07) is 0. The molecule has 9 heavy (non-hydrogen) atoms. The number of allylic oxidation sites excluding steroid dienone is 3. The lowest BCUT2D eigenvalue weighted by atomic mass is 10.0. The highest BCUT2D eigenvalue weighted by Crippen LogP contribution is 2.15. The Morgan fingerprint density at radius 1 is 1.67 bits per heavy atom. The van der Waals surface area contributed by atoms with Crippen molar-refractivity contribution in [1.29, 1.82) is 0 Å². The number of aliphatic hydroxyl groups is 1. The van der Waals surface area contributed by atoms with Crippen molar-refractivity contribution in [3.05, 3.63) is 23.3 Å². The van der Waals surface area contributed by atoms with Crippen LogP contribution < -0.4 is 0 Å². The Balaban J connectivity index is 2.63. The van der Waals surface area contributed by atoms with Crippen LogP contribution in [0, 0.1) is 0 Å². The molecule has 1 aliphatic carbocycles. The van der Waals surface area contributed by atoms with Crippen LogP contribution >= 0.6 is 0 Å². The minimum atomic E-state index is 0.227. The van der Waals surface area contributed by atoms with Gasteiger partial charge in [-0.1, -0.05) is 17.7 Å². The van der Waals surface area contributed by atoms with Crippen molar-refractivity contribution < 1.29 is 5.11 Å². The highest BCUT2D eigenvalue weighted by atomic mass is 16.3. The molecule has 0 saturated carbocycles. The molecule has 0 unspecified atom stereocenters. The molecule has 0 bridgehead atoms. The Hall–Kier alpha value is -0.560. The molecule has 1 rings (SSSR count). The first-order valence-corrected chi connectivity index (χ1v) is 3.30. The molecule has 0 aromatic rings. The van der Waals surface area contributed by atoms with Gasteiger partial charge in [0, 0.05) is 0 Å². The molecule has 1 N–H and O–H groups in total. The maximum Gasteiger partial charge on any atom is 0.0645 e. The summed E-state index contributed by atoms with van der Waals surface area (Å²) >= 11 is 0. The van der Waals surface area contributed by atoms with Gasteiger partial charge in [0.1, 0.15) is 0 Å². The molecule has 1 nitrogen and oxygen atoms in total. The van der Waals surface area contributed by atoms with Crippen LogP contribution in [-0.2, 0) is 0 Å². The molecule has 0 aliphatic heterocycles. The molecule has 0 amide bonds. The second-order valence-corrected chi connectivity index (χ2v) is 2.45. The summed E-state index contributed by atoms with van der Waals surface area (Å²) in [7, 11) is 0. The largest absolute Gasteiger partial charge is 0.392 e. The fraction of sp³-hybridized carbons (Fsp3) is 0.500. The van der Waals surface area contributed by atoms with Gasteiger partial charge in [-0.3, -0.25) is 0 Å². The molecule has 0 aromatic carbocycles. The van der Waals surface area contributed by atoms with Gasteiger partial charge in [0.2, 0.25) is 0 Å². The standard InChI is InChI=1S/C8H12O/c1-7-3-2-4-8(5-7)6-9/h3,5,9H,2,4,6H2,1H3. The quantitative estimate of drug-likeness (QED) is 0.563. The SMILES string of the molecule is CC1=CCCC(CO)=C1. The predicted octanol–water partition coefficient (Wildman–Crippen LogP) is 1.65. The molecule has 50 valence electrons. The first-order chi connectivity index (χ1) is 4.33. The van der Waals surface area contributed by atoms with E-state index in [-0.39, 0.29) is 6.61 Å². The normalized spacial score (nSPS) is 18.9. The van der Waals surface area contributed by atoms with E-state index in [1.807, 2.05) is 0 Å².